The Balaban J connectivity index is 1.88. The van der Waals surface area contributed by atoms with Crippen molar-refractivity contribution in [1.82, 2.24) is 10.3 Å². The minimum atomic E-state index is -0.102. The first-order valence-electron chi connectivity index (χ1n) is 6.39. The van der Waals surface area contributed by atoms with E-state index < -0.39 is 0 Å². The summed E-state index contributed by atoms with van der Waals surface area (Å²) in [5.74, 6) is 0. The van der Waals surface area contributed by atoms with Crippen LogP contribution in [0.25, 0.3) is 0 Å². The summed E-state index contributed by atoms with van der Waals surface area (Å²) in [5, 5.41) is 6.68. The molecule has 0 aromatic carbocycles. The summed E-state index contributed by atoms with van der Waals surface area (Å²) in [6.07, 6.45) is -0.102. The first kappa shape index (κ1) is 13.9. The predicted octanol–water partition coefficient (Wildman–Crippen LogP) is 2.46. The predicted molar refractivity (Wildman–Crippen MR) is 72.9 cm³/mol. The first-order valence-corrected chi connectivity index (χ1v) is 7.27. The van der Waals surface area contributed by atoms with Gasteiger partial charge in [-0.15, -0.1) is 11.3 Å². The number of nitrogens with one attached hydrogen (secondary N) is 1. The van der Waals surface area contributed by atoms with E-state index in [1.54, 1.807) is 11.3 Å². The van der Waals surface area contributed by atoms with Gasteiger partial charge in [-0.1, -0.05) is 20.8 Å². The minimum Gasteiger partial charge on any atom is -0.349 e. The SMILES string of the molecule is C[C@H](NCC1OCCO1)c1nc(C(C)(C)C)cs1. The Bertz CT molecular complexity index is 381. The van der Waals surface area contributed by atoms with E-state index >= 15 is 0 Å². The van der Waals surface area contributed by atoms with Crippen LogP contribution in [0.3, 0.4) is 0 Å². The molecule has 0 amide bonds. The van der Waals surface area contributed by atoms with Gasteiger partial charge >= 0.3 is 0 Å². The Morgan fingerprint density at radius 1 is 1.44 bits per heavy atom. The highest BCUT2D eigenvalue weighted by atomic mass is 32.1. The number of aromatic nitrogens is 1. The van der Waals surface area contributed by atoms with Crippen molar-refractivity contribution in [2.24, 2.45) is 0 Å². The lowest BCUT2D eigenvalue weighted by atomic mass is 9.93. The van der Waals surface area contributed by atoms with E-state index in [1.807, 2.05) is 0 Å². The topological polar surface area (TPSA) is 43.4 Å². The van der Waals surface area contributed by atoms with Gasteiger partial charge in [0.05, 0.1) is 24.9 Å². The second-order valence-corrected chi connectivity index (χ2v) is 6.51. The van der Waals surface area contributed by atoms with E-state index in [-0.39, 0.29) is 17.7 Å². The molecule has 5 heteroatoms. The zero-order valence-corrected chi connectivity index (χ0v) is 12.3. The molecule has 18 heavy (non-hydrogen) atoms. The maximum atomic E-state index is 5.40. The Labute approximate surface area is 113 Å². The van der Waals surface area contributed by atoms with Crippen LogP contribution in [0.4, 0.5) is 0 Å². The average Bonchev–Trinajstić information content (AvgIpc) is 2.96. The maximum absolute atomic E-state index is 5.40. The number of hydrogen-bond donors (Lipinski definition) is 1. The van der Waals surface area contributed by atoms with Gasteiger partial charge in [-0.3, -0.25) is 0 Å². The van der Waals surface area contributed by atoms with Gasteiger partial charge in [-0.2, -0.15) is 0 Å². The molecule has 1 aliphatic rings. The van der Waals surface area contributed by atoms with Gasteiger partial charge in [0, 0.05) is 17.3 Å². The molecule has 0 aliphatic carbocycles. The van der Waals surface area contributed by atoms with Crippen LogP contribution < -0.4 is 5.32 Å². The molecule has 0 spiro atoms. The van der Waals surface area contributed by atoms with E-state index in [4.69, 9.17) is 14.5 Å². The number of thiazole rings is 1. The molecule has 0 radical (unpaired) electrons. The lowest BCUT2D eigenvalue weighted by Crippen LogP contribution is -2.29. The third kappa shape index (κ3) is 3.51. The fraction of sp³-hybridized carbons (Fsp3) is 0.769. The fourth-order valence-corrected chi connectivity index (χ4v) is 2.79. The van der Waals surface area contributed by atoms with Crippen LogP contribution in [0.5, 0.6) is 0 Å². The summed E-state index contributed by atoms with van der Waals surface area (Å²) in [6, 6.07) is 0.235. The van der Waals surface area contributed by atoms with Crippen LogP contribution in [-0.4, -0.2) is 31.0 Å². The van der Waals surface area contributed by atoms with Crippen molar-refractivity contribution >= 4 is 11.3 Å². The summed E-state index contributed by atoms with van der Waals surface area (Å²) in [5.41, 5.74) is 1.27. The van der Waals surface area contributed by atoms with Crippen molar-refractivity contribution in [3.8, 4) is 0 Å². The Kier molecular flexibility index (Phi) is 4.37. The molecule has 4 nitrogen and oxygen atoms in total. The van der Waals surface area contributed by atoms with E-state index in [0.29, 0.717) is 19.8 Å². The molecule has 1 saturated heterocycles. The maximum Gasteiger partial charge on any atom is 0.170 e. The van der Waals surface area contributed by atoms with Gasteiger partial charge in [0.25, 0.3) is 0 Å². The molecular formula is C13H22N2O2S. The van der Waals surface area contributed by atoms with E-state index in [2.05, 4.69) is 38.4 Å². The standard InChI is InChI=1S/C13H22N2O2S/c1-9(14-7-11-16-5-6-17-11)12-15-10(8-18-12)13(2,3)4/h8-9,11,14H,5-7H2,1-4H3/t9-/m0/s1. The second-order valence-electron chi connectivity index (χ2n) is 5.62. The minimum absolute atomic E-state index is 0.102. The van der Waals surface area contributed by atoms with Crippen LogP contribution in [0, 0.1) is 0 Å². The largest absolute Gasteiger partial charge is 0.349 e. The summed E-state index contributed by atoms with van der Waals surface area (Å²) >= 11 is 1.71. The lowest BCUT2D eigenvalue weighted by Gasteiger charge is -2.16. The third-order valence-corrected chi connectivity index (χ3v) is 3.97. The lowest BCUT2D eigenvalue weighted by molar-refractivity contribution is -0.0403. The molecule has 2 heterocycles. The van der Waals surface area contributed by atoms with Crippen molar-refractivity contribution in [2.45, 2.75) is 45.4 Å². The first-order chi connectivity index (χ1) is 8.47. The normalized spacial score (nSPS) is 19.3. The summed E-state index contributed by atoms with van der Waals surface area (Å²) < 4.78 is 10.8. The Morgan fingerprint density at radius 3 is 2.67 bits per heavy atom. The smallest absolute Gasteiger partial charge is 0.170 e. The molecule has 0 bridgehead atoms. The molecule has 1 aliphatic heterocycles. The zero-order valence-electron chi connectivity index (χ0n) is 11.5. The third-order valence-electron chi connectivity index (χ3n) is 2.94. The van der Waals surface area contributed by atoms with Gasteiger partial charge in [0.2, 0.25) is 0 Å². The molecular weight excluding hydrogens is 248 g/mol. The molecule has 2 rings (SSSR count). The van der Waals surface area contributed by atoms with Crippen LogP contribution in [-0.2, 0) is 14.9 Å². The van der Waals surface area contributed by atoms with Crippen molar-refractivity contribution in [3.63, 3.8) is 0 Å². The van der Waals surface area contributed by atoms with E-state index in [1.165, 1.54) is 0 Å². The van der Waals surface area contributed by atoms with Crippen molar-refractivity contribution in [1.29, 1.82) is 0 Å². The fourth-order valence-electron chi connectivity index (χ4n) is 1.72. The monoisotopic (exact) mass is 270 g/mol. The van der Waals surface area contributed by atoms with Crippen molar-refractivity contribution in [2.75, 3.05) is 19.8 Å². The second kappa shape index (κ2) is 5.65. The molecule has 0 saturated carbocycles. The highest BCUT2D eigenvalue weighted by Crippen LogP contribution is 2.26. The highest BCUT2D eigenvalue weighted by Gasteiger charge is 2.21. The van der Waals surface area contributed by atoms with Crippen LogP contribution in [0.1, 0.15) is 44.4 Å². The van der Waals surface area contributed by atoms with Gasteiger partial charge < -0.3 is 14.8 Å². The van der Waals surface area contributed by atoms with Gasteiger partial charge in [-0.25, -0.2) is 4.98 Å². The quantitative estimate of drug-likeness (QED) is 0.912. The van der Waals surface area contributed by atoms with Crippen LogP contribution in [0.15, 0.2) is 5.38 Å². The number of ether oxygens (including phenoxy) is 2. The van der Waals surface area contributed by atoms with Gasteiger partial charge in [-0.05, 0) is 6.92 Å². The van der Waals surface area contributed by atoms with Gasteiger partial charge in [0.15, 0.2) is 6.29 Å². The molecule has 1 aromatic heterocycles. The number of nitrogens with zero attached hydrogens (tertiary/aromatic N) is 1. The van der Waals surface area contributed by atoms with Crippen LogP contribution in [0.2, 0.25) is 0 Å². The molecule has 0 unspecified atom stereocenters. The molecule has 1 fully saturated rings. The Morgan fingerprint density at radius 2 is 2.11 bits per heavy atom. The molecule has 1 N–H and O–H groups in total. The molecule has 1 atom stereocenters. The van der Waals surface area contributed by atoms with E-state index in [9.17, 15) is 0 Å². The van der Waals surface area contributed by atoms with E-state index in [0.717, 1.165) is 10.7 Å². The molecule has 102 valence electrons. The summed E-state index contributed by atoms with van der Waals surface area (Å²) in [4.78, 5) is 4.70. The highest BCUT2D eigenvalue weighted by molar-refractivity contribution is 7.09. The number of rotatable bonds is 4. The molecule has 1 aromatic rings. The van der Waals surface area contributed by atoms with Crippen molar-refractivity contribution in [3.05, 3.63) is 16.1 Å². The number of hydrogen-bond acceptors (Lipinski definition) is 5. The summed E-state index contributed by atoms with van der Waals surface area (Å²) in [6.45, 7) is 10.8. The van der Waals surface area contributed by atoms with Gasteiger partial charge in [0.1, 0.15) is 5.01 Å². The van der Waals surface area contributed by atoms with Crippen molar-refractivity contribution < 1.29 is 9.47 Å². The van der Waals surface area contributed by atoms with Crippen LogP contribution >= 0.6 is 11.3 Å². The average molecular weight is 270 g/mol. The zero-order chi connectivity index (χ0) is 13.2. The Hall–Kier alpha value is -0.490. The summed E-state index contributed by atoms with van der Waals surface area (Å²) in [7, 11) is 0.